The van der Waals surface area contributed by atoms with Crippen LogP contribution in [0.5, 0.6) is 0 Å². The fourth-order valence-corrected chi connectivity index (χ4v) is 2.92. The second kappa shape index (κ2) is 3.44. The van der Waals surface area contributed by atoms with Gasteiger partial charge in [-0.1, -0.05) is 0 Å². The summed E-state index contributed by atoms with van der Waals surface area (Å²) < 4.78 is 5.63. The molecule has 0 aromatic rings. The van der Waals surface area contributed by atoms with Gasteiger partial charge in [0.15, 0.2) is 0 Å². The number of rotatable bonds is 1. The van der Waals surface area contributed by atoms with Crippen molar-refractivity contribution in [2.45, 2.75) is 44.4 Å². The molecule has 0 aromatic carbocycles. The molecule has 1 atom stereocenters. The molecule has 0 unspecified atom stereocenters. The molecule has 88 valence electrons. The van der Waals surface area contributed by atoms with Gasteiger partial charge in [-0.15, -0.1) is 0 Å². The van der Waals surface area contributed by atoms with Crippen LogP contribution in [0.15, 0.2) is 0 Å². The van der Waals surface area contributed by atoms with Gasteiger partial charge in [0.05, 0.1) is 11.6 Å². The van der Waals surface area contributed by atoms with E-state index in [1.54, 1.807) is 0 Å². The van der Waals surface area contributed by atoms with Gasteiger partial charge in [0.25, 0.3) is 0 Å². The van der Waals surface area contributed by atoms with Crippen LogP contribution in [0.1, 0.15) is 27.2 Å². The number of methoxy groups -OCH3 is 1. The number of hydrogen-bond donors (Lipinski definition) is 0. The van der Waals surface area contributed by atoms with Crippen molar-refractivity contribution in [2.24, 2.45) is 0 Å². The fourth-order valence-electron chi connectivity index (χ4n) is 2.92. The Morgan fingerprint density at radius 1 is 1.27 bits per heavy atom. The van der Waals surface area contributed by atoms with Crippen LogP contribution in [0.4, 0.5) is 0 Å². The third-order valence-electron chi connectivity index (χ3n) is 4.25. The second-order valence-corrected chi connectivity index (χ2v) is 6.07. The van der Waals surface area contributed by atoms with Crippen LogP contribution < -0.4 is 0 Å². The van der Waals surface area contributed by atoms with E-state index in [9.17, 15) is 0 Å². The first kappa shape index (κ1) is 11.4. The maximum atomic E-state index is 5.63. The lowest BCUT2D eigenvalue weighted by Crippen LogP contribution is -2.74. The monoisotopic (exact) mass is 212 g/mol. The van der Waals surface area contributed by atoms with E-state index >= 15 is 0 Å². The number of likely N-dealkylation sites (N-methyl/N-ethyl adjacent to an activating group) is 1. The lowest BCUT2D eigenvalue weighted by molar-refractivity contribution is -0.120. The largest absolute Gasteiger partial charge is 0.379 e. The van der Waals surface area contributed by atoms with Crippen LogP contribution in [0.25, 0.3) is 0 Å². The highest BCUT2D eigenvalue weighted by Crippen LogP contribution is 2.41. The number of likely N-dealkylation sites (tertiary alicyclic amines) is 2. The van der Waals surface area contributed by atoms with Crippen LogP contribution in [0.2, 0.25) is 0 Å². The lowest BCUT2D eigenvalue weighted by Gasteiger charge is -2.58. The molecule has 0 aromatic heterocycles. The molecule has 15 heavy (non-hydrogen) atoms. The summed E-state index contributed by atoms with van der Waals surface area (Å²) in [5, 5.41) is 0. The summed E-state index contributed by atoms with van der Waals surface area (Å²) in [6, 6.07) is 0. The normalized spacial score (nSPS) is 32.2. The number of ether oxygens (including phenoxy) is 1. The fraction of sp³-hybridized carbons (Fsp3) is 1.00. The summed E-state index contributed by atoms with van der Waals surface area (Å²) in [7, 11) is 4.09. The highest BCUT2D eigenvalue weighted by molar-refractivity contribution is 5.14. The second-order valence-electron chi connectivity index (χ2n) is 6.07. The average molecular weight is 212 g/mol. The van der Waals surface area contributed by atoms with Crippen LogP contribution in [0.3, 0.4) is 0 Å². The van der Waals surface area contributed by atoms with Crippen LogP contribution in [-0.4, -0.2) is 60.8 Å². The molecule has 2 rings (SSSR count). The van der Waals surface area contributed by atoms with Gasteiger partial charge >= 0.3 is 0 Å². The van der Waals surface area contributed by atoms with Gasteiger partial charge < -0.3 is 4.74 Å². The van der Waals surface area contributed by atoms with Crippen LogP contribution in [0, 0.1) is 0 Å². The molecule has 0 radical (unpaired) electrons. The van der Waals surface area contributed by atoms with E-state index in [1.165, 1.54) is 13.0 Å². The van der Waals surface area contributed by atoms with E-state index in [-0.39, 0.29) is 0 Å². The molecule has 2 fully saturated rings. The molecule has 3 heteroatoms. The van der Waals surface area contributed by atoms with E-state index in [0.717, 1.165) is 13.1 Å². The summed E-state index contributed by atoms with van der Waals surface area (Å²) in [4.78, 5) is 5.03. The van der Waals surface area contributed by atoms with Crippen molar-refractivity contribution in [2.75, 3.05) is 33.8 Å². The first-order chi connectivity index (χ1) is 6.90. The summed E-state index contributed by atoms with van der Waals surface area (Å²) in [5.74, 6) is 0. The van der Waals surface area contributed by atoms with Gasteiger partial charge in [-0.25, -0.2) is 0 Å². The molecule has 2 aliphatic heterocycles. The van der Waals surface area contributed by atoms with Crippen molar-refractivity contribution in [3.05, 3.63) is 0 Å². The standard InChI is InChI=1S/C12H24N2O/c1-11(2,3)14-8-12(9-14)10(15-5)6-7-13(12)4/h10H,6-9H2,1-5H3/t10-/m0/s1. The molecule has 0 aliphatic carbocycles. The third-order valence-corrected chi connectivity index (χ3v) is 4.25. The SMILES string of the molecule is CO[C@H]1CCN(C)C12CN(C(C)(C)C)C2. The smallest absolute Gasteiger partial charge is 0.0792 e. The Balaban J connectivity index is 2.05. The Kier molecular flexibility index (Phi) is 2.61. The van der Waals surface area contributed by atoms with Gasteiger partial charge in [-0.3, -0.25) is 9.80 Å². The van der Waals surface area contributed by atoms with E-state index in [4.69, 9.17) is 4.74 Å². The minimum atomic E-state index is 0.299. The zero-order valence-corrected chi connectivity index (χ0v) is 10.7. The molecular weight excluding hydrogens is 188 g/mol. The maximum Gasteiger partial charge on any atom is 0.0792 e. The molecule has 0 saturated carbocycles. The third kappa shape index (κ3) is 1.61. The Bertz CT molecular complexity index is 240. The Labute approximate surface area is 93.4 Å². The number of hydrogen-bond acceptors (Lipinski definition) is 3. The van der Waals surface area contributed by atoms with Gasteiger partial charge in [0, 0.05) is 32.3 Å². The van der Waals surface area contributed by atoms with E-state index < -0.39 is 0 Å². The van der Waals surface area contributed by atoms with Crippen LogP contribution in [-0.2, 0) is 4.74 Å². The highest BCUT2D eigenvalue weighted by atomic mass is 16.5. The van der Waals surface area contributed by atoms with Gasteiger partial charge in [0.1, 0.15) is 0 Å². The summed E-state index contributed by atoms with van der Waals surface area (Å²) in [6.45, 7) is 10.4. The van der Waals surface area contributed by atoms with Crippen molar-refractivity contribution < 1.29 is 4.74 Å². The van der Waals surface area contributed by atoms with Crippen molar-refractivity contribution in [3.63, 3.8) is 0 Å². The zero-order valence-electron chi connectivity index (χ0n) is 10.7. The summed E-state index contributed by atoms with van der Waals surface area (Å²) in [6.07, 6.45) is 1.62. The molecule has 1 spiro atoms. The predicted molar refractivity (Wildman–Crippen MR) is 62.1 cm³/mol. The molecule has 3 nitrogen and oxygen atoms in total. The summed E-state index contributed by atoms with van der Waals surface area (Å²) >= 11 is 0. The molecule has 0 N–H and O–H groups in total. The van der Waals surface area contributed by atoms with Gasteiger partial charge in [-0.2, -0.15) is 0 Å². The first-order valence-corrected chi connectivity index (χ1v) is 5.89. The molecular formula is C12H24N2O. The number of nitrogens with zero attached hydrogens (tertiary/aromatic N) is 2. The Morgan fingerprint density at radius 3 is 2.33 bits per heavy atom. The zero-order chi connectivity index (χ0) is 11.3. The average Bonchev–Trinajstić information content (AvgIpc) is 2.37. The van der Waals surface area contributed by atoms with Crippen molar-refractivity contribution in [3.8, 4) is 0 Å². The quantitative estimate of drug-likeness (QED) is 0.649. The Hall–Kier alpha value is -0.120. The first-order valence-electron chi connectivity index (χ1n) is 5.89. The van der Waals surface area contributed by atoms with Gasteiger partial charge in [-0.05, 0) is 34.2 Å². The maximum absolute atomic E-state index is 5.63. The highest BCUT2D eigenvalue weighted by Gasteiger charge is 2.57. The van der Waals surface area contributed by atoms with Gasteiger partial charge in [0.2, 0.25) is 0 Å². The minimum Gasteiger partial charge on any atom is -0.379 e. The van der Waals surface area contributed by atoms with Crippen molar-refractivity contribution in [1.82, 2.24) is 9.80 Å². The lowest BCUT2D eigenvalue weighted by atomic mass is 9.81. The molecule has 2 heterocycles. The summed E-state index contributed by atoms with van der Waals surface area (Å²) in [5.41, 5.74) is 0.606. The predicted octanol–water partition coefficient (Wildman–Crippen LogP) is 1.19. The molecule has 2 saturated heterocycles. The van der Waals surface area contributed by atoms with E-state index in [1.807, 2.05) is 7.11 Å². The topological polar surface area (TPSA) is 15.7 Å². The van der Waals surface area contributed by atoms with Crippen molar-refractivity contribution >= 4 is 0 Å². The molecule has 0 amide bonds. The Morgan fingerprint density at radius 2 is 1.87 bits per heavy atom. The molecule has 2 aliphatic rings. The minimum absolute atomic E-state index is 0.299. The van der Waals surface area contributed by atoms with Crippen LogP contribution >= 0.6 is 0 Å². The van der Waals surface area contributed by atoms with E-state index in [2.05, 4.69) is 37.6 Å². The molecule has 0 bridgehead atoms. The van der Waals surface area contributed by atoms with E-state index in [0.29, 0.717) is 17.2 Å². The van der Waals surface area contributed by atoms with Crippen molar-refractivity contribution in [1.29, 1.82) is 0 Å².